The first kappa shape index (κ1) is 10.8. The summed E-state index contributed by atoms with van der Waals surface area (Å²) in [6.07, 6.45) is 0.751. The Balaban J connectivity index is 2.25. The predicted molar refractivity (Wildman–Crippen MR) is 63.2 cm³/mol. The highest BCUT2D eigenvalue weighted by Crippen LogP contribution is 2.23. The monoisotopic (exact) mass is 220 g/mol. The van der Waals surface area contributed by atoms with Gasteiger partial charge in [0.1, 0.15) is 6.04 Å². The van der Waals surface area contributed by atoms with Crippen molar-refractivity contribution >= 4 is 17.3 Å². The number of hydrogen-bond donors (Lipinski definition) is 1. The van der Waals surface area contributed by atoms with Crippen molar-refractivity contribution in [3.8, 4) is 0 Å². The van der Waals surface area contributed by atoms with Gasteiger partial charge in [0.2, 0.25) is 0 Å². The van der Waals surface area contributed by atoms with Gasteiger partial charge < -0.3 is 15.4 Å². The predicted octanol–water partition coefficient (Wildman–Crippen LogP) is 1.41. The van der Waals surface area contributed by atoms with Crippen LogP contribution in [-0.4, -0.2) is 25.2 Å². The molecule has 0 bridgehead atoms. The maximum absolute atomic E-state index is 11.5. The van der Waals surface area contributed by atoms with Crippen molar-refractivity contribution in [3.05, 3.63) is 24.3 Å². The molecule has 1 aliphatic rings. The molecule has 0 amide bonds. The van der Waals surface area contributed by atoms with E-state index < -0.39 is 0 Å². The van der Waals surface area contributed by atoms with E-state index in [2.05, 4.69) is 0 Å². The van der Waals surface area contributed by atoms with Crippen molar-refractivity contribution in [2.45, 2.75) is 19.4 Å². The Morgan fingerprint density at radius 2 is 2.38 bits per heavy atom. The molecule has 0 spiro atoms. The van der Waals surface area contributed by atoms with Gasteiger partial charge in [-0.25, -0.2) is 4.79 Å². The zero-order valence-corrected chi connectivity index (χ0v) is 9.35. The van der Waals surface area contributed by atoms with Gasteiger partial charge in [0.25, 0.3) is 0 Å². The van der Waals surface area contributed by atoms with E-state index in [0.29, 0.717) is 12.3 Å². The van der Waals surface area contributed by atoms with Gasteiger partial charge in [-0.2, -0.15) is 0 Å². The second-order valence-corrected chi connectivity index (χ2v) is 3.85. The maximum atomic E-state index is 11.5. The number of nitrogens with two attached hydrogens (primary N) is 1. The Labute approximate surface area is 95.0 Å². The van der Waals surface area contributed by atoms with Gasteiger partial charge in [0.05, 0.1) is 6.61 Å². The van der Waals surface area contributed by atoms with Crippen molar-refractivity contribution in [2.75, 3.05) is 23.8 Å². The van der Waals surface area contributed by atoms with Crippen LogP contribution in [-0.2, 0) is 9.53 Å². The summed E-state index contributed by atoms with van der Waals surface area (Å²) in [4.78, 5) is 13.6. The molecular weight excluding hydrogens is 204 g/mol. The molecule has 16 heavy (non-hydrogen) atoms. The molecule has 2 rings (SSSR count). The standard InChI is InChI=1S/C12H16N2O2/c1-2-14(11-6-7-16-12(11)15)10-5-3-4-9(13)8-10/h3-5,8,11H,2,6-7,13H2,1H3. The van der Waals surface area contributed by atoms with Gasteiger partial charge in [-0.3, -0.25) is 0 Å². The fourth-order valence-electron chi connectivity index (χ4n) is 2.05. The van der Waals surface area contributed by atoms with E-state index in [1.54, 1.807) is 0 Å². The van der Waals surface area contributed by atoms with Crippen LogP contribution >= 0.6 is 0 Å². The fraction of sp³-hybridized carbons (Fsp3) is 0.417. The Morgan fingerprint density at radius 1 is 1.56 bits per heavy atom. The molecule has 1 aromatic carbocycles. The number of nitrogen functional groups attached to an aromatic ring is 1. The Morgan fingerprint density at radius 3 is 2.94 bits per heavy atom. The van der Waals surface area contributed by atoms with Crippen LogP contribution in [0.1, 0.15) is 13.3 Å². The lowest BCUT2D eigenvalue weighted by Gasteiger charge is -2.27. The van der Waals surface area contributed by atoms with E-state index in [1.165, 1.54) is 0 Å². The molecular formula is C12H16N2O2. The first-order valence-electron chi connectivity index (χ1n) is 5.51. The molecule has 0 saturated carbocycles. The van der Waals surface area contributed by atoms with E-state index in [1.807, 2.05) is 36.1 Å². The summed E-state index contributed by atoms with van der Waals surface area (Å²) < 4.78 is 4.99. The minimum atomic E-state index is -0.160. The molecule has 1 saturated heterocycles. The lowest BCUT2D eigenvalue weighted by Crippen LogP contribution is -2.38. The lowest BCUT2D eigenvalue weighted by molar-refractivity contribution is -0.139. The van der Waals surface area contributed by atoms with Crippen LogP contribution in [0.25, 0.3) is 0 Å². The Hall–Kier alpha value is -1.71. The summed E-state index contributed by atoms with van der Waals surface area (Å²) >= 11 is 0. The Kier molecular flexibility index (Phi) is 2.99. The van der Waals surface area contributed by atoms with Gasteiger partial charge in [-0.05, 0) is 25.1 Å². The first-order chi connectivity index (χ1) is 7.72. The number of anilines is 2. The van der Waals surface area contributed by atoms with Gasteiger partial charge in [-0.1, -0.05) is 6.07 Å². The highest BCUT2D eigenvalue weighted by Gasteiger charge is 2.31. The SMILES string of the molecule is CCN(c1cccc(N)c1)C1CCOC1=O. The number of nitrogens with zero attached hydrogens (tertiary/aromatic N) is 1. The van der Waals surface area contributed by atoms with E-state index in [0.717, 1.165) is 18.7 Å². The molecule has 0 radical (unpaired) electrons. The summed E-state index contributed by atoms with van der Waals surface area (Å²) in [7, 11) is 0. The number of cyclic esters (lactones) is 1. The van der Waals surface area contributed by atoms with Crippen molar-refractivity contribution in [3.63, 3.8) is 0 Å². The van der Waals surface area contributed by atoms with Crippen LogP contribution in [0.15, 0.2) is 24.3 Å². The molecule has 1 aromatic rings. The summed E-state index contributed by atoms with van der Waals surface area (Å²) in [6, 6.07) is 7.42. The second-order valence-electron chi connectivity index (χ2n) is 3.85. The fourth-order valence-corrected chi connectivity index (χ4v) is 2.05. The van der Waals surface area contributed by atoms with Crippen LogP contribution in [0.2, 0.25) is 0 Å². The van der Waals surface area contributed by atoms with Crippen molar-refractivity contribution < 1.29 is 9.53 Å². The summed E-state index contributed by atoms with van der Waals surface area (Å²) in [5, 5.41) is 0. The highest BCUT2D eigenvalue weighted by molar-refractivity contribution is 5.82. The van der Waals surface area contributed by atoms with E-state index in [9.17, 15) is 4.79 Å². The molecule has 0 aromatic heterocycles. The van der Waals surface area contributed by atoms with Crippen LogP contribution in [0, 0.1) is 0 Å². The third-order valence-electron chi connectivity index (χ3n) is 2.83. The second kappa shape index (κ2) is 4.43. The average molecular weight is 220 g/mol. The van der Waals surface area contributed by atoms with Crippen molar-refractivity contribution in [1.82, 2.24) is 0 Å². The van der Waals surface area contributed by atoms with Crippen molar-refractivity contribution in [1.29, 1.82) is 0 Å². The zero-order valence-electron chi connectivity index (χ0n) is 9.35. The van der Waals surface area contributed by atoms with Gasteiger partial charge >= 0.3 is 5.97 Å². The molecule has 0 aliphatic carbocycles. The third-order valence-corrected chi connectivity index (χ3v) is 2.83. The number of rotatable bonds is 3. The normalized spacial score (nSPS) is 19.6. The smallest absolute Gasteiger partial charge is 0.328 e. The maximum Gasteiger partial charge on any atom is 0.328 e. The van der Waals surface area contributed by atoms with E-state index in [-0.39, 0.29) is 12.0 Å². The van der Waals surface area contributed by atoms with Crippen LogP contribution in [0.3, 0.4) is 0 Å². The lowest BCUT2D eigenvalue weighted by atomic mass is 10.1. The largest absolute Gasteiger partial charge is 0.464 e. The topological polar surface area (TPSA) is 55.6 Å². The number of carbonyl (C=O) groups excluding carboxylic acids is 1. The quantitative estimate of drug-likeness (QED) is 0.618. The number of hydrogen-bond acceptors (Lipinski definition) is 4. The van der Waals surface area contributed by atoms with Crippen molar-refractivity contribution in [2.24, 2.45) is 0 Å². The minimum absolute atomic E-state index is 0.135. The van der Waals surface area contributed by atoms with Gasteiger partial charge in [-0.15, -0.1) is 0 Å². The van der Waals surface area contributed by atoms with Crippen LogP contribution in [0.4, 0.5) is 11.4 Å². The average Bonchev–Trinajstić information content (AvgIpc) is 2.67. The molecule has 86 valence electrons. The number of likely N-dealkylation sites (N-methyl/N-ethyl adjacent to an activating group) is 1. The van der Waals surface area contributed by atoms with Crippen LogP contribution in [0.5, 0.6) is 0 Å². The first-order valence-corrected chi connectivity index (χ1v) is 5.51. The van der Waals surface area contributed by atoms with Gasteiger partial charge in [0, 0.05) is 24.3 Å². The summed E-state index contributed by atoms with van der Waals surface area (Å²) in [5.74, 6) is -0.135. The molecule has 1 fully saturated rings. The number of ether oxygens (including phenoxy) is 1. The molecule has 1 unspecified atom stereocenters. The third kappa shape index (κ3) is 1.96. The molecule has 1 atom stereocenters. The van der Waals surface area contributed by atoms with E-state index >= 15 is 0 Å². The summed E-state index contributed by atoms with van der Waals surface area (Å²) in [6.45, 7) is 3.31. The molecule has 2 N–H and O–H groups in total. The zero-order chi connectivity index (χ0) is 11.5. The molecule has 1 heterocycles. The molecule has 4 heteroatoms. The van der Waals surface area contributed by atoms with Crippen LogP contribution < -0.4 is 10.6 Å². The van der Waals surface area contributed by atoms with E-state index in [4.69, 9.17) is 10.5 Å². The number of benzene rings is 1. The summed E-state index contributed by atoms with van der Waals surface area (Å²) in [5.41, 5.74) is 7.43. The highest BCUT2D eigenvalue weighted by atomic mass is 16.5. The molecule has 1 aliphatic heterocycles. The number of esters is 1. The Bertz CT molecular complexity index is 392. The molecule has 4 nitrogen and oxygen atoms in total. The minimum Gasteiger partial charge on any atom is -0.464 e. The number of carbonyl (C=O) groups is 1. The van der Waals surface area contributed by atoms with Gasteiger partial charge in [0.15, 0.2) is 0 Å².